The van der Waals surface area contributed by atoms with Gasteiger partial charge in [0.05, 0.1) is 0 Å². The third-order valence-corrected chi connectivity index (χ3v) is 1.80. The highest BCUT2D eigenvalue weighted by atomic mass is 15.1. The number of aliphatic imine (C=N–C) groups is 2. The summed E-state index contributed by atoms with van der Waals surface area (Å²) >= 11 is 0. The predicted octanol–water partition coefficient (Wildman–Crippen LogP) is 2.54. The molecule has 0 atom stereocenters. The molecule has 4 nitrogen and oxygen atoms in total. The Kier molecular flexibility index (Phi) is 4.51. The van der Waals surface area contributed by atoms with Crippen molar-refractivity contribution in [3.05, 3.63) is 24.3 Å². The van der Waals surface area contributed by atoms with Crippen molar-refractivity contribution < 1.29 is 0 Å². The number of nitrogens with zero attached hydrogens (tertiary/aromatic N) is 2. The topological polar surface area (TPSA) is 62.8 Å². The molecule has 0 aliphatic heterocycles. The number of nitrogens with two attached hydrogens (primary N) is 1. The van der Waals surface area contributed by atoms with Crippen LogP contribution in [0, 0.1) is 0 Å². The van der Waals surface area contributed by atoms with E-state index in [0.29, 0.717) is 5.96 Å². The summed E-state index contributed by atoms with van der Waals surface area (Å²) in [5, 5.41) is 3.14. The molecule has 0 fully saturated rings. The van der Waals surface area contributed by atoms with Crippen LogP contribution in [0.3, 0.4) is 0 Å². The zero-order valence-corrected chi connectivity index (χ0v) is 9.94. The lowest BCUT2D eigenvalue weighted by atomic mass is 10.3. The average Bonchev–Trinajstić information content (AvgIpc) is 2.21. The van der Waals surface area contributed by atoms with Crippen molar-refractivity contribution in [1.82, 2.24) is 0 Å². The second-order valence-corrected chi connectivity index (χ2v) is 3.68. The maximum atomic E-state index is 5.61. The Morgan fingerprint density at radius 2 is 1.94 bits per heavy atom. The van der Waals surface area contributed by atoms with E-state index in [4.69, 9.17) is 5.73 Å². The van der Waals surface area contributed by atoms with Crippen LogP contribution in [-0.4, -0.2) is 18.2 Å². The molecule has 0 unspecified atom stereocenters. The lowest BCUT2D eigenvalue weighted by molar-refractivity contribution is 0.833. The van der Waals surface area contributed by atoms with Gasteiger partial charge in [-0.15, -0.1) is 0 Å². The fourth-order valence-electron chi connectivity index (χ4n) is 1.16. The monoisotopic (exact) mass is 218 g/mol. The summed E-state index contributed by atoms with van der Waals surface area (Å²) in [4.78, 5) is 8.53. The highest BCUT2D eigenvalue weighted by molar-refractivity contribution is 5.98. The summed E-state index contributed by atoms with van der Waals surface area (Å²) in [6.07, 6.45) is 1.71. The number of nitrogen functional groups attached to an aromatic ring is 1. The van der Waals surface area contributed by atoms with Crippen LogP contribution in [-0.2, 0) is 0 Å². The molecule has 1 aromatic carbocycles. The Labute approximate surface area is 96.3 Å². The van der Waals surface area contributed by atoms with Crippen LogP contribution in [0.25, 0.3) is 0 Å². The molecular formula is C12H18N4. The van der Waals surface area contributed by atoms with E-state index in [1.165, 1.54) is 0 Å². The number of rotatable bonds is 2. The minimum absolute atomic E-state index is 0.208. The Bertz CT molecular complexity index is 377. The normalized spacial score (nSPS) is 12.4. The minimum atomic E-state index is 0.208. The van der Waals surface area contributed by atoms with E-state index in [0.717, 1.165) is 11.4 Å². The summed E-state index contributed by atoms with van der Waals surface area (Å²) in [7, 11) is 0. The highest BCUT2D eigenvalue weighted by Crippen LogP contribution is 2.10. The van der Waals surface area contributed by atoms with Crippen LogP contribution in [0.5, 0.6) is 0 Å². The van der Waals surface area contributed by atoms with Crippen LogP contribution in [0.4, 0.5) is 11.4 Å². The molecule has 0 spiro atoms. The van der Waals surface area contributed by atoms with Gasteiger partial charge in [-0.1, -0.05) is 0 Å². The number of benzene rings is 1. The van der Waals surface area contributed by atoms with Gasteiger partial charge in [-0.2, -0.15) is 0 Å². The number of guanidine groups is 1. The highest BCUT2D eigenvalue weighted by Gasteiger charge is 1.98. The van der Waals surface area contributed by atoms with Gasteiger partial charge in [-0.3, -0.25) is 0 Å². The number of anilines is 2. The molecule has 86 valence electrons. The van der Waals surface area contributed by atoms with Crippen LogP contribution in [0.1, 0.15) is 20.8 Å². The van der Waals surface area contributed by atoms with Gasteiger partial charge in [0.25, 0.3) is 0 Å². The molecule has 0 aromatic heterocycles. The van der Waals surface area contributed by atoms with E-state index in [-0.39, 0.29) is 6.04 Å². The Hall–Kier alpha value is -1.84. The minimum Gasteiger partial charge on any atom is -0.399 e. The van der Waals surface area contributed by atoms with Gasteiger partial charge in [-0.05, 0) is 45.0 Å². The molecule has 0 heterocycles. The van der Waals surface area contributed by atoms with Gasteiger partial charge in [0, 0.05) is 23.6 Å². The van der Waals surface area contributed by atoms with Crippen molar-refractivity contribution in [3.8, 4) is 0 Å². The zero-order chi connectivity index (χ0) is 12.0. The van der Waals surface area contributed by atoms with Crippen molar-refractivity contribution in [2.24, 2.45) is 9.98 Å². The molecule has 1 rings (SSSR count). The second kappa shape index (κ2) is 5.90. The molecule has 0 aliphatic carbocycles. The van der Waals surface area contributed by atoms with E-state index in [1.807, 2.05) is 45.0 Å². The summed E-state index contributed by atoms with van der Waals surface area (Å²) in [6.45, 7) is 5.88. The molecule has 16 heavy (non-hydrogen) atoms. The number of hydrogen-bond donors (Lipinski definition) is 2. The first-order valence-electron chi connectivity index (χ1n) is 5.31. The van der Waals surface area contributed by atoms with Crippen LogP contribution < -0.4 is 11.1 Å². The van der Waals surface area contributed by atoms with Gasteiger partial charge >= 0.3 is 0 Å². The maximum Gasteiger partial charge on any atom is 0.222 e. The van der Waals surface area contributed by atoms with E-state index < -0.39 is 0 Å². The van der Waals surface area contributed by atoms with Crippen LogP contribution >= 0.6 is 0 Å². The molecule has 1 aromatic rings. The molecule has 0 bridgehead atoms. The predicted molar refractivity (Wildman–Crippen MR) is 71.2 cm³/mol. The van der Waals surface area contributed by atoms with E-state index in [9.17, 15) is 0 Å². The van der Waals surface area contributed by atoms with E-state index in [2.05, 4.69) is 15.3 Å². The first kappa shape index (κ1) is 12.2. The summed E-state index contributed by atoms with van der Waals surface area (Å²) < 4.78 is 0. The molecule has 0 amide bonds. The molecular weight excluding hydrogens is 200 g/mol. The van der Waals surface area contributed by atoms with Crippen LogP contribution in [0.15, 0.2) is 34.3 Å². The zero-order valence-electron chi connectivity index (χ0n) is 9.94. The third kappa shape index (κ3) is 4.13. The van der Waals surface area contributed by atoms with Gasteiger partial charge < -0.3 is 11.1 Å². The Morgan fingerprint density at radius 3 is 2.44 bits per heavy atom. The van der Waals surface area contributed by atoms with E-state index in [1.54, 1.807) is 6.21 Å². The SMILES string of the molecule is CC=NC(=NC(C)C)Nc1ccc(N)cc1. The lowest BCUT2D eigenvalue weighted by Crippen LogP contribution is -2.12. The summed E-state index contributed by atoms with van der Waals surface area (Å²) in [5.41, 5.74) is 7.28. The van der Waals surface area contributed by atoms with Crippen molar-refractivity contribution in [2.75, 3.05) is 11.1 Å². The molecule has 0 saturated heterocycles. The summed E-state index contributed by atoms with van der Waals surface area (Å²) in [6, 6.07) is 7.68. The van der Waals surface area contributed by atoms with Gasteiger partial charge in [0.1, 0.15) is 0 Å². The molecule has 0 aliphatic rings. The fourth-order valence-corrected chi connectivity index (χ4v) is 1.16. The van der Waals surface area contributed by atoms with Gasteiger partial charge in [0.15, 0.2) is 0 Å². The first-order valence-corrected chi connectivity index (χ1v) is 5.31. The quantitative estimate of drug-likeness (QED) is 0.455. The number of nitrogens with one attached hydrogen (secondary N) is 1. The first-order chi connectivity index (χ1) is 7.61. The summed E-state index contributed by atoms with van der Waals surface area (Å²) in [5.74, 6) is 0.613. The average molecular weight is 218 g/mol. The van der Waals surface area contributed by atoms with Crippen molar-refractivity contribution >= 4 is 23.5 Å². The largest absolute Gasteiger partial charge is 0.399 e. The van der Waals surface area contributed by atoms with Gasteiger partial charge in [-0.25, -0.2) is 9.98 Å². The smallest absolute Gasteiger partial charge is 0.222 e. The third-order valence-electron chi connectivity index (χ3n) is 1.80. The van der Waals surface area contributed by atoms with Crippen LogP contribution in [0.2, 0.25) is 0 Å². The number of hydrogen-bond acceptors (Lipinski definition) is 2. The lowest BCUT2D eigenvalue weighted by Gasteiger charge is -2.07. The van der Waals surface area contributed by atoms with Crippen molar-refractivity contribution in [3.63, 3.8) is 0 Å². The Morgan fingerprint density at radius 1 is 1.31 bits per heavy atom. The molecule has 3 N–H and O–H groups in total. The van der Waals surface area contributed by atoms with Crippen molar-refractivity contribution in [1.29, 1.82) is 0 Å². The van der Waals surface area contributed by atoms with E-state index >= 15 is 0 Å². The molecule has 0 radical (unpaired) electrons. The maximum absolute atomic E-state index is 5.61. The standard InChI is InChI=1S/C12H18N4/c1-4-14-12(15-9(2)3)16-11-7-5-10(13)6-8-11/h4-9H,13H2,1-3H3,(H,15,16). The van der Waals surface area contributed by atoms with Crippen molar-refractivity contribution in [2.45, 2.75) is 26.8 Å². The molecule has 0 saturated carbocycles. The second-order valence-electron chi connectivity index (χ2n) is 3.68. The van der Waals surface area contributed by atoms with Gasteiger partial charge in [0.2, 0.25) is 5.96 Å². The Balaban J connectivity index is 2.79. The molecule has 4 heteroatoms. The fraction of sp³-hybridized carbons (Fsp3) is 0.333.